The molecule has 0 aliphatic rings. The van der Waals surface area contributed by atoms with Gasteiger partial charge in [-0.2, -0.15) is 10.5 Å². The number of rotatable bonds is 2. The number of carbonyl (C=O) groups excluding carboxylic acids is 1. The van der Waals surface area contributed by atoms with Crippen molar-refractivity contribution in [2.75, 3.05) is 12.8 Å². The molecule has 0 fully saturated rings. The highest BCUT2D eigenvalue weighted by Gasteiger charge is 2.23. The lowest BCUT2D eigenvalue weighted by Gasteiger charge is -2.11. The van der Waals surface area contributed by atoms with Gasteiger partial charge in [-0.1, -0.05) is 0 Å². The number of benzene rings is 1. The van der Waals surface area contributed by atoms with Gasteiger partial charge in [0.25, 0.3) is 0 Å². The number of aromatic nitrogens is 1. The van der Waals surface area contributed by atoms with Crippen LogP contribution in [0.25, 0.3) is 5.69 Å². The number of halogens is 2. The lowest BCUT2D eigenvalue weighted by atomic mass is 10.2. The van der Waals surface area contributed by atoms with Crippen molar-refractivity contribution in [1.82, 2.24) is 4.57 Å². The van der Waals surface area contributed by atoms with E-state index in [1.807, 2.05) is 6.07 Å². The first kappa shape index (κ1) is 15.5. The highest BCUT2D eigenvalue weighted by Crippen LogP contribution is 2.30. The molecule has 2 N–H and O–H groups in total. The van der Waals surface area contributed by atoms with Crippen LogP contribution in [0.1, 0.15) is 21.6 Å². The molecule has 0 saturated heterocycles. The number of nitrogens with two attached hydrogens (primary N) is 1. The van der Waals surface area contributed by atoms with Gasteiger partial charge in [0.2, 0.25) is 0 Å². The molecule has 8 heteroatoms. The van der Waals surface area contributed by atoms with Crippen LogP contribution >= 0.6 is 15.9 Å². The molecule has 0 amide bonds. The smallest absolute Gasteiger partial charge is 0.357 e. The minimum Gasteiger partial charge on any atom is -0.464 e. The number of nitrogens with zero attached hydrogens (tertiary/aromatic N) is 3. The Morgan fingerprint density at radius 2 is 2.00 bits per heavy atom. The van der Waals surface area contributed by atoms with Crippen molar-refractivity contribution in [2.24, 2.45) is 0 Å². The summed E-state index contributed by atoms with van der Waals surface area (Å²) in [5, 5.41) is 17.9. The molecule has 2 rings (SSSR count). The van der Waals surface area contributed by atoms with Crippen molar-refractivity contribution in [1.29, 1.82) is 10.5 Å². The van der Waals surface area contributed by atoms with E-state index in [9.17, 15) is 9.18 Å². The Labute approximate surface area is 133 Å². The molecule has 22 heavy (non-hydrogen) atoms. The second-order valence-corrected chi connectivity index (χ2v) is 5.03. The number of anilines is 1. The van der Waals surface area contributed by atoms with Gasteiger partial charge in [0.1, 0.15) is 18.0 Å². The van der Waals surface area contributed by atoms with E-state index in [1.54, 1.807) is 6.07 Å². The van der Waals surface area contributed by atoms with Crippen molar-refractivity contribution in [3.8, 4) is 17.8 Å². The minimum atomic E-state index is -0.768. The summed E-state index contributed by atoms with van der Waals surface area (Å²) in [5.41, 5.74) is 5.72. The fourth-order valence-electron chi connectivity index (χ4n) is 1.91. The van der Waals surface area contributed by atoms with Crippen LogP contribution in [-0.4, -0.2) is 17.6 Å². The van der Waals surface area contributed by atoms with E-state index in [4.69, 9.17) is 16.3 Å². The number of hydrogen-bond acceptors (Lipinski definition) is 5. The summed E-state index contributed by atoms with van der Waals surface area (Å²) in [6, 6.07) is 5.89. The summed E-state index contributed by atoms with van der Waals surface area (Å²) < 4.78 is 20.1. The van der Waals surface area contributed by atoms with Gasteiger partial charge in [-0.25, -0.2) is 9.18 Å². The Kier molecular flexibility index (Phi) is 4.15. The topological polar surface area (TPSA) is 105 Å². The molecule has 0 aliphatic carbocycles. The fourth-order valence-corrected chi connectivity index (χ4v) is 2.45. The van der Waals surface area contributed by atoms with Crippen LogP contribution in [0.4, 0.5) is 10.1 Å². The maximum Gasteiger partial charge on any atom is 0.357 e. The van der Waals surface area contributed by atoms with Crippen LogP contribution in [0, 0.1) is 28.5 Å². The van der Waals surface area contributed by atoms with E-state index in [-0.39, 0.29) is 28.2 Å². The van der Waals surface area contributed by atoms with Gasteiger partial charge in [-0.05, 0) is 22.0 Å². The van der Waals surface area contributed by atoms with Crippen LogP contribution in [0.15, 0.2) is 22.8 Å². The van der Waals surface area contributed by atoms with E-state index < -0.39 is 11.8 Å². The lowest BCUT2D eigenvalue weighted by Crippen LogP contribution is -2.11. The molecule has 1 aromatic heterocycles. The Balaban J connectivity index is 2.79. The first-order valence-corrected chi connectivity index (χ1v) is 6.62. The molecule has 0 atom stereocenters. The first-order valence-electron chi connectivity index (χ1n) is 5.83. The molecular weight excluding hydrogens is 355 g/mol. The van der Waals surface area contributed by atoms with Gasteiger partial charge in [0.05, 0.1) is 29.6 Å². The van der Waals surface area contributed by atoms with E-state index in [0.717, 1.165) is 6.07 Å². The number of nitrogen functional groups attached to an aromatic ring is 1. The third kappa shape index (κ3) is 2.41. The monoisotopic (exact) mass is 362 g/mol. The Hall–Kier alpha value is -2.84. The number of methoxy groups -OCH3 is 1. The summed E-state index contributed by atoms with van der Waals surface area (Å²) in [6.45, 7) is 0. The van der Waals surface area contributed by atoms with E-state index in [2.05, 4.69) is 20.7 Å². The Morgan fingerprint density at radius 1 is 1.36 bits per heavy atom. The zero-order valence-corrected chi connectivity index (χ0v) is 12.8. The number of carbonyl (C=O) groups is 1. The van der Waals surface area contributed by atoms with Crippen LogP contribution < -0.4 is 5.73 Å². The first-order chi connectivity index (χ1) is 10.4. The van der Waals surface area contributed by atoms with Crippen molar-refractivity contribution in [3.63, 3.8) is 0 Å². The average molecular weight is 363 g/mol. The molecule has 0 bridgehead atoms. The van der Waals surface area contributed by atoms with E-state index >= 15 is 0 Å². The maximum absolute atomic E-state index is 13.9. The van der Waals surface area contributed by atoms with Gasteiger partial charge in [-0.15, -0.1) is 0 Å². The largest absolute Gasteiger partial charge is 0.464 e. The molecule has 0 unspecified atom stereocenters. The maximum atomic E-state index is 13.9. The normalized spacial score (nSPS) is 9.86. The molecule has 0 radical (unpaired) electrons. The standard InChI is InChI=1S/C14H8BrFN4O2/c1-22-14(21)13-12(19)8(5-18)6-20(13)11-3-10(16)7(4-17)2-9(11)15/h2-3,6H,19H2,1H3. The van der Waals surface area contributed by atoms with Crippen molar-refractivity contribution < 1.29 is 13.9 Å². The van der Waals surface area contributed by atoms with Crippen LogP contribution in [0.3, 0.4) is 0 Å². The van der Waals surface area contributed by atoms with Gasteiger partial charge >= 0.3 is 5.97 Å². The van der Waals surface area contributed by atoms with Crippen molar-refractivity contribution in [3.05, 3.63) is 45.4 Å². The number of ether oxygens (including phenoxy) is 1. The lowest BCUT2D eigenvalue weighted by molar-refractivity contribution is 0.0593. The van der Waals surface area contributed by atoms with Gasteiger partial charge in [-0.3, -0.25) is 0 Å². The summed E-state index contributed by atoms with van der Waals surface area (Å²) in [6.07, 6.45) is 1.30. The van der Waals surface area contributed by atoms with E-state index in [0.29, 0.717) is 4.47 Å². The predicted octanol–water partition coefficient (Wildman–Crippen LogP) is 2.49. The quantitative estimate of drug-likeness (QED) is 0.826. The molecule has 110 valence electrons. The number of esters is 1. The number of nitriles is 2. The number of hydrogen-bond donors (Lipinski definition) is 1. The Bertz CT molecular complexity index is 861. The molecule has 0 saturated carbocycles. The van der Waals surface area contributed by atoms with Crippen LogP contribution in [0.2, 0.25) is 0 Å². The molecule has 0 spiro atoms. The van der Waals surface area contributed by atoms with Gasteiger partial charge in [0, 0.05) is 16.7 Å². The van der Waals surface area contributed by atoms with Gasteiger partial charge < -0.3 is 15.0 Å². The molecule has 2 aromatic rings. The third-order valence-corrected chi connectivity index (χ3v) is 3.60. The highest BCUT2D eigenvalue weighted by atomic mass is 79.9. The summed E-state index contributed by atoms with van der Waals surface area (Å²) >= 11 is 3.21. The molecular formula is C14H8BrFN4O2. The molecule has 0 aliphatic heterocycles. The third-order valence-electron chi connectivity index (χ3n) is 2.96. The van der Waals surface area contributed by atoms with Crippen LogP contribution in [0.5, 0.6) is 0 Å². The van der Waals surface area contributed by atoms with Gasteiger partial charge in [0.15, 0.2) is 5.69 Å². The molecule has 6 nitrogen and oxygen atoms in total. The van der Waals surface area contributed by atoms with Crippen molar-refractivity contribution in [2.45, 2.75) is 0 Å². The second-order valence-electron chi connectivity index (χ2n) is 4.17. The predicted molar refractivity (Wildman–Crippen MR) is 78.6 cm³/mol. The molecule has 1 heterocycles. The summed E-state index contributed by atoms with van der Waals surface area (Å²) in [4.78, 5) is 11.9. The SMILES string of the molecule is COC(=O)c1c(N)c(C#N)cn1-c1cc(F)c(C#N)cc1Br. The average Bonchev–Trinajstić information content (AvgIpc) is 2.84. The second kappa shape index (κ2) is 5.88. The zero-order valence-electron chi connectivity index (χ0n) is 11.2. The summed E-state index contributed by atoms with van der Waals surface area (Å²) in [5.74, 6) is -1.53. The fraction of sp³-hybridized carbons (Fsp3) is 0.0714. The highest BCUT2D eigenvalue weighted by molar-refractivity contribution is 9.10. The van der Waals surface area contributed by atoms with E-state index in [1.165, 1.54) is 23.9 Å². The summed E-state index contributed by atoms with van der Waals surface area (Å²) in [7, 11) is 1.17. The minimum absolute atomic E-state index is 0.0528. The Morgan fingerprint density at radius 3 is 2.55 bits per heavy atom. The zero-order chi connectivity index (χ0) is 16.4. The van der Waals surface area contributed by atoms with Crippen LogP contribution in [-0.2, 0) is 4.74 Å². The molecule has 1 aromatic carbocycles. The van der Waals surface area contributed by atoms with Crippen molar-refractivity contribution >= 4 is 27.6 Å².